The number of benzene rings is 2. The summed E-state index contributed by atoms with van der Waals surface area (Å²) in [5.74, 6) is 0.932. The lowest BCUT2D eigenvalue weighted by atomic mass is 10.1. The fourth-order valence-corrected chi connectivity index (χ4v) is 3.79. The van der Waals surface area contributed by atoms with E-state index >= 15 is 0 Å². The number of fused-ring (bicyclic) bond motifs is 1. The zero-order valence-corrected chi connectivity index (χ0v) is 16.6. The van der Waals surface area contributed by atoms with Crippen molar-refractivity contribution in [2.75, 3.05) is 31.6 Å². The monoisotopic (exact) mass is 391 g/mol. The van der Waals surface area contributed by atoms with Crippen LogP contribution < -0.4 is 15.5 Å². The normalized spacial score (nSPS) is 17.0. The van der Waals surface area contributed by atoms with E-state index in [1.165, 1.54) is 22.4 Å². The molecule has 0 bridgehead atoms. The van der Waals surface area contributed by atoms with Gasteiger partial charge >= 0.3 is 0 Å². The lowest BCUT2D eigenvalue weighted by molar-refractivity contribution is 0.612. The summed E-state index contributed by atoms with van der Waals surface area (Å²) < 4.78 is 14.0. The fraction of sp³-hybridized carbons (Fsp3) is 0.304. The van der Waals surface area contributed by atoms with E-state index in [4.69, 9.17) is 0 Å². The highest BCUT2D eigenvalue weighted by Gasteiger charge is 2.25. The first kappa shape index (κ1) is 19.2. The summed E-state index contributed by atoms with van der Waals surface area (Å²) in [4.78, 5) is 10.5. The molecular formula is C23H26FN5. The first-order valence-corrected chi connectivity index (χ1v) is 10.0. The van der Waals surface area contributed by atoms with Gasteiger partial charge in [0.05, 0.1) is 0 Å². The van der Waals surface area contributed by atoms with Crippen molar-refractivity contribution in [1.29, 1.82) is 0 Å². The van der Waals surface area contributed by atoms with Gasteiger partial charge in [-0.3, -0.25) is 4.99 Å². The van der Waals surface area contributed by atoms with Crippen LogP contribution in [-0.2, 0) is 6.42 Å². The highest BCUT2D eigenvalue weighted by molar-refractivity contribution is 5.83. The smallest absolute Gasteiger partial charge is 0.191 e. The van der Waals surface area contributed by atoms with Gasteiger partial charge in [-0.2, -0.15) is 0 Å². The molecule has 0 aliphatic carbocycles. The third-order valence-corrected chi connectivity index (χ3v) is 5.31. The van der Waals surface area contributed by atoms with Crippen LogP contribution in [0.4, 0.5) is 10.2 Å². The summed E-state index contributed by atoms with van der Waals surface area (Å²) in [5, 5.41) is 9.36. The molecule has 1 fully saturated rings. The van der Waals surface area contributed by atoms with Gasteiger partial charge in [0.15, 0.2) is 17.6 Å². The van der Waals surface area contributed by atoms with Crippen molar-refractivity contribution in [2.24, 2.45) is 4.99 Å². The molecule has 1 aliphatic heterocycles. The lowest BCUT2D eigenvalue weighted by Crippen LogP contribution is -2.45. The number of hydrogen-bond donors (Lipinski definition) is 2. The topological polar surface area (TPSA) is 52.6 Å². The van der Waals surface area contributed by atoms with E-state index in [0.717, 1.165) is 31.9 Å². The molecule has 4 rings (SSSR count). The van der Waals surface area contributed by atoms with E-state index < -0.39 is 0 Å². The van der Waals surface area contributed by atoms with Crippen LogP contribution in [-0.4, -0.2) is 43.7 Å². The molecule has 1 atom stereocenters. The molecule has 1 aliphatic rings. The van der Waals surface area contributed by atoms with Crippen LogP contribution in [0.5, 0.6) is 0 Å². The van der Waals surface area contributed by atoms with E-state index in [1.807, 2.05) is 4.90 Å². The fourth-order valence-electron chi connectivity index (χ4n) is 3.79. The Bertz CT molecular complexity index is 1000. The standard InChI is InChI=1S/C23H26FN5/c1-25-23(27-13-10-17-8-9-18-5-2-3-6-19(18)15-17)28-20-11-14-29(16-20)22-21(24)7-4-12-26-22/h2-9,12,15,20H,10-11,13-14,16H2,1H3,(H2,25,27,28). The minimum atomic E-state index is -0.272. The third-order valence-electron chi connectivity index (χ3n) is 5.31. The van der Waals surface area contributed by atoms with Crippen molar-refractivity contribution in [3.05, 3.63) is 72.2 Å². The average Bonchev–Trinajstić information content (AvgIpc) is 3.21. The number of nitrogens with zero attached hydrogens (tertiary/aromatic N) is 3. The van der Waals surface area contributed by atoms with Gasteiger partial charge in [-0.1, -0.05) is 42.5 Å². The molecule has 0 spiro atoms. The molecular weight excluding hydrogens is 365 g/mol. The molecule has 6 heteroatoms. The van der Waals surface area contributed by atoms with Crippen LogP contribution in [0.15, 0.2) is 65.8 Å². The zero-order valence-electron chi connectivity index (χ0n) is 16.6. The van der Waals surface area contributed by atoms with Crippen LogP contribution in [0.2, 0.25) is 0 Å². The zero-order chi connectivity index (χ0) is 20.1. The Morgan fingerprint density at radius 3 is 2.86 bits per heavy atom. The SMILES string of the molecule is CN=C(NCCc1ccc2ccccc2c1)NC1CCN(c2ncccc2F)C1. The van der Waals surface area contributed by atoms with E-state index in [-0.39, 0.29) is 11.9 Å². The molecule has 29 heavy (non-hydrogen) atoms. The minimum Gasteiger partial charge on any atom is -0.356 e. The largest absolute Gasteiger partial charge is 0.356 e. The van der Waals surface area contributed by atoms with Gasteiger partial charge in [0.25, 0.3) is 0 Å². The summed E-state index contributed by atoms with van der Waals surface area (Å²) in [5.41, 5.74) is 1.30. The van der Waals surface area contributed by atoms with Crippen molar-refractivity contribution in [3.63, 3.8) is 0 Å². The quantitative estimate of drug-likeness (QED) is 0.517. The lowest BCUT2D eigenvalue weighted by Gasteiger charge is -2.20. The minimum absolute atomic E-state index is 0.211. The molecule has 1 saturated heterocycles. The Morgan fingerprint density at radius 1 is 1.17 bits per heavy atom. The number of pyridine rings is 1. The molecule has 0 radical (unpaired) electrons. The number of halogens is 1. The molecule has 0 amide bonds. The van der Waals surface area contributed by atoms with E-state index in [0.29, 0.717) is 12.4 Å². The molecule has 150 valence electrons. The maximum Gasteiger partial charge on any atom is 0.191 e. The molecule has 1 unspecified atom stereocenters. The van der Waals surface area contributed by atoms with Gasteiger partial charge in [0, 0.05) is 38.9 Å². The second-order valence-electron chi connectivity index (χ2n) is 7.32. The van der Waals surface area contributed by atoms with Crippen LogP contribution >= 0.6 is 0 Å². The Labute approximate surface area is 170 Å². The number of nitrogens with one attached hydrogen (secondary N) is 2. The highest BCUT2D eigenvalue weighted by atomic mass is 19.1. The molecule has 3 aromatic rings. The molecule has 2 aromatic carbocycles. The second kappa shape index (κ2) is 8.90. The van der Waals surface area contributed by atoms with E-state index in [9.17, 15) is 4.39 Å². The molecule has 2 heterocycles. The number of anilines is 1. The van der Waals surface area contributed by atoms with Gasteiger partial charge in [-0.15, -0.1) is 0 Å². The molecule has 5 nitrogen and oxygen atoms in total. The Morgan fingerprint density at radius 2 is 2.03 bits per heavy atom. The third kappa shape index (κ3) is 4.65. The van der Waals surface area contributed by atoms with Gasteiger partial charge in [0.2, 0.25) is 0 Å². The number of aromatic nitrogens is 1. The van der Waals surface area contributed by atoms with Crippen LogP contribution in [0.1, 0.15) is 12.0 Å². The molecule has 1 aromatic heterocycles. The van der Waals surface area contributed by atoms with Crippen molar-refractivity contribution in [1.82, 2.24) is 15.6 Å². The van der Waals surface area contributed by atoms with Crippen molar-refractivity contribution in [3.8, 4) is 0 Å². The predicted molar refractivity (Wildman–Crippen MR) is 117 cm³/mol. The van der Waals surface area contributed by atoms with Crippen molar-refractivity contribution < 1.29 is 4.39 Å². The molecule has 2 N–H and O–H groups in total. The number of guanidine groups is 1. The summed E-state index contributed by atoms with van der Waals surface area (Å²) in [6, 6.07) is 18.3. The van der Waals surface area contributed by atoms with Crippen LogP contribution in [0, 0.1) is 5.82 Å². The predicted octanol–water partition coefficient (Wildman–Crippen LogP) is 3.36. The second-order valence-corrected chi connectivity index (χ2v) is 7.32. The summed E-state index contributed by atoms with van der Waals surface area (Å²) in [7, 11) is 1.77. The maximum atomic E-state index is 14.0. The van der Waals surface area contributed by atoms with Crippen molar-refractivity contribution in [2.45, 2.75) is 18.9 Å². The Hall–Kier alpha value is -3.15. The summed E-state index contributed by atoms with van der Waals surface area (Å²) in [6.45, 7) is 2.28. The average molecular weight is 391 g/mol. The highest BCUT2D eigenvalue weighted by Crippen LogP contribution is 2.20. The van der Waals surface area contributed by atoms with Crippen LogP contribution in [0.25, 0.3) is 10.8 Å². The number of hydrogen-bond acceptors (Lipinski definition) is 3. The maximum absolute atomic E-state index is 14.0. The van der Waals surface area contributed by atoms with E-state index in [2.05, 4.69) is 63.1 Å². The first-order chi connectivity index (χ1) is 14.2. The van der Waals surface area contributed by atoms with Gasteiger partial charge < -0.3 is 15.5 Å². The Kier molecular flexibility index (Phi) is 5.89. The summed E-state index contributed by atoms with van der Waals surface area (Å²) >= 11 is 0. The Balaban J connectivity index is 1.28. The van der Waals surface area contributed by atoms with Gasteiger partial charge in [0.1, 0.15) is 0 Å². The first-order valence-electron chi connectivity index (χ1n) is 10.0. The van der Waals surface area contributed by atoms with E-state index in [1.54, 1.807) is 19.3 Å². The van der Waals surface area contributed by atoms with Crippen molar-refractivity contribution >= 4 is 22.5 Å². The number of aliphatic imine (C=N–C) groups is 1. The summed E-state index contributed by atoms with van der Waals surface area (Å²) in [6.07, 6.45) is 3.47. The molecule has 0 saturated carbocycles. The number of rotatable bonds is 5. The van der Waals surface area contributed by atoms with Crippen LogP contribution in [0.3, 0.4) is 0 Å². The van der Waals surface area contributed by atoms with Gasteiger partial charge in [-0.05, 0) is 41.3 Å². The van der Waals surface area contributed by atoms with Gasteiger partial charge in [-0.25, -0.2) is 9.37 Å².